The lowest BCUT2D eigenvalue weighted by molar-refractivity contribution is 0.0912. The molecule has 4 rings (SSSR count). The van der Waals surface area contributed by atoms with Crippen LogP contribution in [0.5, 0.6) is 0 Å². The van der Waals surface area contributed by atoms with E-state index in [1.165, 1.54) is 11.1 Å². The number of nitrogens with two attached hydrogens (primary N) is 1. The highest BCUT2D eigenvalue weighted by Gasteiger charge is 2.34. The summed E-state index contributed by atoms with van der Waals surface area (Å²) >= 11 is 0. The Labute approximate surface area is 146 Å². The number of Topliss-reactive ketones (excluding diaryl/α,β-unsaturated/α-hetero) is 1. The van der Waals surface area contributed by atoms with Gasteiger partial charge in [0.1, 0.15) is 0 Å². The zero-order chi connectivity index (χ0) is 17.9. The van der Waals surface area contributed by atoms with E-state index in [2.05, 4.69) is 44.9 Å². The minimum absolute atomic E-state index is 0.0806. The van der Waals surface area contributed by atoms with E-state index in [9.17, 15) is 4.79 Å². The third kappa shape index (κ3) is 2.42. The number of aromatic nitrogens is 3. The molecule has 0 saturated carbocycles. The fourth-order valence-corrected chi connectivity index (χ4v) is 3.64. The van der Waals surface area contributed by atoms with E-state index >= 15 is 0 Å². The number of pyridine rings is 1. The Hall–Kier alpha value is -2.69. The molecule has 0 radical (unpaired) electrons. The Bertz CT molecular complexity index is 1030. The summed E-state index contributed by atoms with van der Waals surface area (Å²) in [6.07, 6.45) is 2.95. The minimum Gasteiger partial charge on any atom is -0.397 e. The molecular formula is C20H22N4O. The summed E-state index contributed by atoms with van der Waals surface area (Å²) in [7, 11) is 0. The number of rotatable bonds is 1. The molecule has 0 amide bonds. The number of carbonyl (C=O) groups is 1. The second-order valence-corrected chi connectivity index (χ2v) is 7.85. The fourth-order valence-electron chi connectivity index (χ4n) is 3.64. The molecule has 25 heavy (non-hydrogen) atoms. The number of nitrogen functional groups attached to an aromatic ring is 1. The third-order valence-corrected chi connectivity index (χ3v) is 5.13. The molecule has 0 unspecified atom stereocenters. The van der Waals surface area contributed by atoms with Crippen LogP contribution in [-0.4, -0.2) is 20.5 Å². The minimum atomic E-state index is -0.0947. The van der Waals surface area contributed by atoms with Crippen molar-refractivity contribution in [3.8, 4) is 5.69 Å². The number of anilines is 1. The molecule has 0 saturated heterocycles. The molecule has 0 fully saturated rings. The number of hydrogen-bond acceptors (Lipinski definition) is 4. The molecule has 2 N–H and O–H groups in total. The van der Waals surface area contributed by atoms with E-state index in [-0.39, 0.29) is 11.2 Å². The van der Waals surface area contributed by atoms with Crippen molar-refractivity contribution in [2.24, 2.45) is 5.41 Å². The lowest BCUT2D eigenvalue weighted by Gasteiger charge is -2.30. The van der Waals surface area contributed by atoms with Gasteiger partial charge in [-0.15, -0.1) is 0 Å². The monoisotopic (exact) mass is 334 g/mol. The van der Waals surface area contributed by atoms with Gasteiger partial charge in [-0.2, -0.15) is 5.10 Å². The molecule has 2 heterocycles. The Balaban J connectivity index is 1.97. The molecule has 128 valence electrons. The van der Waals surface area contributed by atoms with Crippen molar-refractivity contribution in [3.05, 3.63) is 46.8 Å². The van der Waals surface area contributed by atoms with Gasteiger partial charge in [0.05, 0.1) is 34.2 Å². The highest BCUT2D eigenvalue weighted by Crippen LogP contribution is 2.38. The van der Waals surface area contributed by atoms with Gasteiger partial charge in [-0.3, -0.25) is 4.79 Å². The lowest BCUT2D eigenvalue weighted by Crippen LogP contribution is -2.29. The molecule has 0 bridgehead atoms. The Morgan fingerprint density at radius 1 is 1.16 bits per heavy atom. The molecule has 5 nitrogen and oxygen atoms in total. The first-order valence-electron chi connectivity index (χ1n) is 8.54. The molecule has 0 spiro atoms. The number of benzene rings is 1. The standard InChI is InChI=1S/C20H22N4O/c1-11-5-6-13(7-12(11)2)24-19-14(10-22-24)18(21)17-15(23-19)8-20(3,4)9-16(17)25/h5-7,10H,8-9H2,1-4H3,(H2,21,23). The first kappa shape index (κ1) is 15.8. The average Bonchev–Trinajstić information content (AvgIpc) is 2.92. The van der Waals surface area contributed by atoms with Gasteiger partial charge in [0.25, 0.3) is 0 Å². The van der Waals surface area contributed by atoms with Crippen LogP contribution in [0.2, 0.25) is 0 Å². The van der Waals surface area contributed by atoms with Crippen molar-refractivity contribution in [2.75, 3.05) is 5.73 Å². The number of nitrogens with zero attached hydrogens (tertiary/aromatic N) is 3. The van der Waals surface area contributed by atoms with Crippen molar-refractivity contribution in [1.29, 1.82) is 0 Å². The zero-order valence-corrected chi connectivity index (χ0v) is 15.1. The number of ketones is 1. The summed E-state index contributed by atoms with van der Waals surface area (Å²) in [6, 6.07) is 6.20. The first-order valence-corrected chi connectivity index (χ1v) is 8.54. The Morgan fingerprint density at radius 3 is 2.64 bits per heavy atom. The molecule has 1 aromatic carbocycles. The quantitative estimate of drug-likeness (QED) is 0.735. The molecular weight excluding hydrogens is 312 g/mol. The third-order valence-electron chi connectivity index (χ3n) is 5.13. The fraction of sp³-hybridized carbons (Fsp3) is 0.350. The Kier molecular flexibility index (Phi) is 3.26. The summed E-state index contributed by atoms with van der Waals surface area (Å²) in [4.78, 5) is 17.4. The van der Waals surface area contributed by atoms with E-state index in [4.69, 9.17) is 10.7 Å². The van der Waals surface area contributed by atoms with Crippen LogP contribution in [0, 0.1) is 19.3 Å². The van der Waals surface area contributed by atoms with Crippen LogP contribution >= 0.6 is 0 Å². The van der Waals surface area contributed by atoms with Gasteiger partial charge in [0, 0.05) is 6.42 Å². The molecule has 1 aliphatic carbocycles. The van der Waals surface area contributed by atoms with E-state index in [1.807, 2.05) is 10.7 Å². The van der Waals surface area contributed by atoms with Gasteiger partial charge in [0.2, 0.25) is 0 Å². The topological polar surface area (TPSA) is 73.8 Å². The summed E-state index contributed by atoms with van der Waals surface area (Å²) in [5, 5.41) is 5.23. The van der Waals surface area contributed by atoms with Crippen LogP contribution in [0.3, 0.4) is 0 Å². The molecule has 2 aromatic heterocycles. The summed E-state index contributed by atoms with van der Waals surface area (Å²) in [5.41, 5.74) is 12.2. The van der Waals surface area contributed by atoms with Gasteiger partial charge in [-0.05, 0) is 48.9 Å². The molecule has 1 aliphatic rings. The van der Waals surface area contributed by atoms with Gasteiger partial charge < -0.3 is 5.73 Å². The predicted octanol–water partition coefficient (Wildman–Crippen LogP) is 3.77. The maximum absolute atomic E-state index is 12.6. The van der Waals surface area contributed by atoms with Crippen molar-refractivity contribution in [2.45, 2.75) is 40.5 Å². The van der Waals surface area contributed by atoms with Crippen LogP contribution in [0.1, 0.15) is 47.4 Å². The highest BCUT2D eigenvalue weighted by molar-refractivity contribution is 6.09. The summed E-state index contributed by atoms with van der Waals surface area (Å²) in [5.74, 6) is 0.0806. The van der Waals surface area contributed by atoms with E-state index in [1.54, 1.807) is 6.20 Å². The number of fused-ring (bicyclic) bond motifs is 2. The van der Waals surface area contributed by atoms with E-state index in [0.29, 0.717) is 23.3 Å². The van der Waals surface area contributed by atoms with Crippen molar-refractivity contribution in [3.63, 3.8) is 0 Å². The van der Waals surface area contributed by atoms with Crippen LogP contribution in [0.25, 0.3) is 16.7 Å². The maximum atomic E-state index is 12.6. The van der Waals surface area contributed by atoms with Crippen molar-refractivity contribution >= 4 is 22.5 Å². The molecule has 0 atom stereocenters. The molecule has 0 aliphatic heterocycles. The predicted molar refractivity (Wildman–Crippen MR) is 99.2 cm³/mol. The summed E-state index contributed by atoms with van der Waals surface area (Å²) < 4.78 is 1.81. The molecule has 3 aromatic rings. The van der Waals surface area contributed by atoms with Crippen LogP contribution in [0.15, 0.2) is 24.4 Å². The average molecular weight is 334 g/mol. The van der Waals surface area contributed by atoms with E-state index < -0.39 is 0 Å². The maximum Gasteiger partial charge on any atom is 0.167 e. The van der Waals surface area contributed by atoms with Crippen LogP contribution in [0.4, 0.5) is 5.69 Å². The first-order chi connectivity index (χ1) is 11.8. The van der Waals surface area contributed by atoms with E-state index in [0.717, 1.165) is 23.2 Å². The lowest BCUT2D eigenvalue weighted by atomic mass is 9.75. The SMILES string of the molecule is Cc1ccc(-n2ncc3c(N)c4c(nc32)CC(C)(C)CC4=O)cc1C. The van der Waals surface area contributed by atoms with Gasteiger partial charge in [-0.25, -0.2) is 9.67 Å². The zero-order valence-electron chi connectivity index (χ0n) is 15.1. The second kappa shape index (κ2) is 5.15. The normalized spacial score (nSPS) is 16.2. The van der Waals surface area contributed by atoms with Crippen molar-refractivity contribution < 1.29 is 4.79 Å². The van der Waals surface area contributed by atoms with Gasteiger partial charge >= 0.3 is 0 Å². The van der Waals surface area contributed by atoms with Crippen LogP contribution in [-0.2, 0) is 6.42 Å². The van der Waals surface area contributed by atoms with Gasteiger partial charge in [0.15, 0.2) is 11.4 Å². The number of aryl methyl sites for hydroxylation is 2. The van der Waals surface area contributed by atoms with Crippen LogP contribution < -0.4 is 5.73 Å². The summed E-state index contributed by atoms with van der Waals surface area (Å²) in [6.45, 7) is 8.35. The number of carbonyl (C=O) groups excluding carboxylic acids is 1. The number of hydrogen-bond donors (Lipinski definition) is 1. The van der Waals surface area contributed by atoms with Crippen molar-refractivity contribution in [1.82, 2.24) is 14.8 Å². The Morgan fingerprint density at radius 2 is 1.92 bits per heavy atom. The second-order valence-electron chi connectivity index (χ2n) is 7.85. The smallest absolute Gasteiger partial charge is 0.167 e. The van der Waals surface area contributed by atoms with Gasteiger partial charge in [-0.1, -0.05) is 19.9 Å². The molecule has 5 heteroatoms. The largest absolute Gasteiger partial charge is 0.397 e. The highest BCUT2D eigenvalue weighted by atomic mass is 16.1.